The molecule has 4 nitrogen and oxygen atoms in total. The summed E-state index contributed by atoms with van der Waals surface area (Å²) in [5, 5.41) is 2.77. The zero-order valence-corrected chi connectivity index (χ0v) is 11.1. The van der Waals surface area contributed by atoms with Crippen molar-refractivity contribution in [1.82, 2.24) is 5.32 Å². The van der Waals surface area contributed by atoms with Gasteiger partial charge in [-0.1, -0.05) is 31.5 Å². The molecule has 0 heterocycles. The first-order valence-electron chi connectivity index (χ1n) is 6.37. The van der Waals surface area contributed by atoms with Gasteiger partial charge in [0.1, 0.15) is 12.4 Å². The second-order valence-corrected chi connectivity index (χ2v) is 4.30. The Balaban J connectivity index is 2.23. The molecule has 0 saturated heterocycles. The molecule has 1 unspecified atom stereocenters. The molecule has 1 aromatic rings. The third-order valence-corrected chi connectivity index (χ3v) is 2.69. The van der Waals surface area contributed by atoms with E-state index in [0.29, 0.717) is 19.6 Å². The highest BCUT2D eigenvalue weighted by Gasteiger charge is 2.10. The largest absolute Gasteiger partial charge is 0.491 e. The van der Waals surface area contributed by atoms with Crippen molar-refractivity contribution >= 4 is 5.91 Å². The zero-order valence-electron chi connectivity index (χ0n) is 11.1. The van der Waals surface area contributed by atoms with Crippen LogP contribution in [-0.2, 0) is 4.79 Å². The standard InChI is InChI=1S/C14H22N2O2/c1-3-6-12(15)14(17)16-9-10-18-13-8-5-4-7-11(13)2/h4-5,7-8,12H,3,6,9-10,15H2,1-2H3,(H,16,17). The molecule has 0 aliphatic carbocycles. The molecule has 4 heteroatoms. The van der Waals surface area contributed by atoms with Crippen LogP contribution in [-0.4, -0.2) is 25.1 Å². The summed E-state index contributed by atoms with van der Waals surface area (Å²) in [6.07, 6.45) is 1.62. The Bertz CT molecular complexity index is 380. The van der Waals surface area contributed by atoms with Gasteiger partial charge in [-0.25, -0.2) is 0 Å². The lowest BCUT2D eigenvalue weighted by Crippen LogP contribution is -2.41. The van der Waals surface area contributed by atoms with Gasteiger partial charge in [0.15, 0.2) is 0 Å². The number of rotatable bonds is 7. The van der Waals surface area contributed by atoms with E-state index in [4.69, 9.17) is 10.5 Å². The molecule has 18 heavy (non-hydrogen) atoms. The van der Waals surface area contributed by atoms with Gasteiger partial charge in [0.25, 0.3) is 0 Å². The van der Waals surface area contributed by atoms with Crippen molar-refractivity contribution in [2.24, 2.45) is 5.73 Å². The molecular weight excluding hydrogens is 228 g/mol. The summed E-state index contributed by atoms with van der Waals surface area (Å²) in [4.78, 5) is 11.5. The highest BCUT2D eigenvalue weighted by molar-refractivity contribution is 5.81. The maximum atomic E-state index is 11.5. The number of carbonyl (C=O) groups excluding carboxylic acids is 1. The van der Waals surface area contributed by atoms with Gasteiger partial charge in [-0.2, -0.15) is 0 Å². The molecule has 3 N–H and O–H groups in total. The predicted molar refractivity (Wildman–Crippen MR) is 72.6 cm³/mol. The van der Waals surface area contributed by atoms with Gasteiger partial charge in [0, 0.05) is 0 Å². The molecule has 0 aliphatic rings. The molecule has 1 rings (SSSR count). The average molecular weight is 250 g/mol. The van der Waals surface area contributed by atoms with Crippen molar-refractivity contribution in [3.63, 3.8) is 0 Å². The van der Waals surface area contributed by atoms with Crippen molar-refractivity contribution in [1.29, 1.82) is 0 Å². The first kappa shape index (κ1) is 14.5. The number of ether oxygens (including phenoxy) is 1. The number of para-hydroxylation sites is 1. The Hall–Kier alpha value is -1.55. The van der Waals surface area contributed by atoms with Crippen molar-refractivity contribution in [2.75, 3.05) is 13.2 Å². The normalized spacial score (nSPS) is 11.9. The molecule has 1 aromatic carbocycles. The lowest BCUT2D eigenvalue weighted by atomic mass is 10.2. The first-order chi connectivity index (χ1) is 8.65. The SMILES string of the molecule is CCCC(N)C(=O)NCCOc1ccccc1C. The van der Waals surface area contributed by atoms with E-state index < -0.39 is 6.04 Å². The van der Waals surface area contributed by atoms with E-state index in [2.05, 4.69) is 5.32 Å². The summed E-state index contributed by atoms with van der Waals surface area (Å²) in [5.74, 6) is 0.745. The number of nitrogens with one attached hydrogen (secondary N) is 1. The van der Waals surface area contributed by atoms with Crippen LogP contribution in [0.1, 0.15) is 25.3 Å². The lowest BCUT2D eigenvalue weighted by molar-refractivity contribution is -0.122. The molecule has 100 valence electrons. The molecule has 0 bridgehead atoms. The maximum Gasteiger partial charge on any atom is 0.237 e. The van der Waals surface area contributed by atoms with Crippen LogP contribution in [0, 0.1) is 6.92 Å². The number of amides is 1. The Morgan fingerprint density at radius 2 is 2.17 bits per heavy atom. The van der Waals surface area contributed by atoms with Gasteiger partial charge in [-0.15, -0.1) is 0 Å². The van der Waals surface area contributed by atoms with E-state index >= 15 is 0 Å². The van der Waals surface area contributed by atoms with Crippen LogP contribution in [0.25, 0.3) is 0 Å². The van der Waals surface area contributed by atoms with Crippen LogP contribution in [0.2, 0.25) is 0 Å². The number of benzene rings is 1. The van der Waals surface area contributed by atoms with Crippen LogP contribution in [0.4, 0.5) is 0 Å². The summed E-state index contributed by atoms with van der Waals surface area (Å²) in [5.41, 5.74) is 6.78. The summed E-state index contributed by atoms with van der Waals surface area (Å²) in [6.45, 7) is 4.93. The zero-order chi connectivity index (χ0) is 13.4. The molecule has 0 spiro atoms. The molecule has 0 saturated carbocycles. The fraction of sp³-hybridized carbons (Fsp3) is 0.500. The second kappa shape index (κ2) is 7.71. The van der Waals surface area contributed by atoms with E-state index in [9.17, 15) is 4.79 Å². The minimum absolute atomic E-state index is 0.106. The predicted octanol–water partition coefficient (Wildman–Crippen LogP) is 1.62. The summed E-state index contributed by atoms with van der Waals surface area (Å²) in [6, 6.07) is 7.39. The third-order valence-electron chi connectivity index (χ3n) is 2.69. The topological polar surface area (TPSA) is 64.4 Å². The van der Waals surface area contributed by atoms with Crippen LogP contribution in [0.15, 0.2) is 24.3 Å². The number of hydrogen-bond acceptors (Lipinski definition) is 3. The quantitative estimate of drug-likeness (QED) is 0.723. The minimum Gasteiger partial charge on any atom is -0.491 e. The summed E-state index contributed by atoms with van der Waals surface area (Å²) >= 11 is 0. The maximum absolute atomic E-state index is 11.5. The fourth-order valence-electron chi connectivity index (χ4n) is 1.63. The summed E-state index contributed by atoms with van der Waals surface area (Å²) in [7, 11) is 0. The molecule has 0 aromatic heterocycles. The van der Waals surface area contributed by atoms with Crippen molar-refractivity contribution in [3.8, 4) is 5.75 Å². The van der Waals surface area contributed by atoms with E-state index in [1.54, 1.807) is 0 Å². The molecular formula is C14H22N2O2. The Kier molecular flexibility index (Phi) is 6.22. The Labute approximate surface area is 109 Å². The van der Waals surface area contributed by atoms with Crippen LogP contribution >= 0.6 is 0 Å². The highest BCUT2D eigenvalue weighted by Crippen LogP contribution is 2.15. The van der Waals surface area contributed by atoms with Crippen LogP contribution in [0.3, 0.4) is 0 Å². The number of carbonyl (C=O) groups is 1. The van der Waals surface area contributed by atoms with Crippen molar-refractivity contribution < 1.29 is 9.53 Å². The van der Waals surface area contributed by atoms with Crippen molar-refractivity contribution in [3.05, 3.63) is 29.8 Å². The molecule has 1 amide bonds. The number of nitrogens with two attached hydrogens (primary N) is 1. The average Bonchev–Trinajstić information content (AvgIpc) is 2.36. The third kappa shape index (κ3) is 4.75. The van der Waals surface area contributed by atoms with Crippen LogP contribution < -0.4 is 15.8 Å². The first-order valence-corrected chi connectivity index (χ1v) is 6.37. The molecule has 0 fully saturated rings. The lowest BCUT2D eigenvalue weighted by Gasteiger charge is -2.12. The monoisotopic (exact) mass is 250 g/mol. The van der Waals surface area contributed by atoms with Crippen LogP contribution in [0.5, 0.6) is 5.75 Å². The molecule has 1 atom stereocenters. The van der Waals surface area contributed by atoms with Gasteiger partial charge in [-0.05, 0) is 25.0 Å². The van der Waals surface area contributed by atoms with Gasteiger partial charge in [0.2, 0.25) is 5.91 Å². The van der Waals surface area contributed by atoms with Gasteiger partial charge in [0.05, 0.1) is 12.6 Å². The van der Waals surface area contributed by atoms with Gasteiger partial charge in [-0.3, -0.25) is 4.79 Å². The second-order valence-electron chi connectivity index (χ2n) is 4.30. The van der Waals surface area contributed by atoms with Gasteiger partial charge < -0.3 is 15.8 Å². The van der Waals surface area contributed by atoms with E-state index in [1.165, 1.54) is 0 Å². The van der Waals surface area contributed by atoms with Gasteiger partial charge >= 0.3 is 0 Å². The van der Waals surface area contributed by atoms with Crippen molar-refractivity contribution in [2.45, 2.75) is 32.7 Å². The minimum atomic E-state index is -0.409. The van der Waals surface area contributed by atoms with E-state index in [-0.39, 0.29) is 5.91 Å². The number of aryl methyl sites for hydroxylation is 1. The highest BCUT2D eigenvalue weighted by atomic mass is 16.5. The smallest absolute Gasteiger partial charge is 0.237 e. The molecule has 0 aliphatic heterocycles. The number of hydrogen-bond donors (Lipinski definition) is 2. The Morgan fingerprint density at radius 3 is 2.83 bits per heavy atom. The fourth-order valence-corrected chi connectivity index (χ4v) is 1.63. The Morgan fingerprint density at radius 1 is 1.44 bits per heavy atom. The molecule has 0 radical (unpaired) electrons. The van der Waals surface area contributed by atoms with E-state index in [1.807, 2.05) is 38.1 Å². The van der Waals surface area contributed by atoms with E-state index in [0.717, 1.165) is 17.7 Å². The summed E-state index contributed by atoms with van der Waals surface area (Å²) < 4.78 is 5.57.